The summed E-state index contributed by atoms with van der Waals surface area (Å²) in [6, 6.07) is 14.0. The third kappa shape index (κ3) is 3.65. The Morgan fingerprint density at radius 1 is 1.06 bits per heavy atom. The number of rotatable bonds is 3. The number of nitrogens with two attached hydrogens (primary N) is 1. The molecule has 0 radical (unpaired) electrons. The first-order chi connectivity index (χ1) is 8.15. The molecule has 4 heteroatoms. The molecule has 1 atom stereocenters. The Morgan fingerprint density at radius 3 is 2.33 bits per heavy atom. The van der Waals surface area contributed by atoms with Crippen LogP contribution < -0.4 is 5.73 Å². The van der Waals surface area contributed by atoms with Crippen molar-refractivity contribution in [3.63, 3.8) is 0 Å². The van der Waals surface area contributed by atoms with E-state index in [0.717, 1.165) is 11.1 Å². The fraction of sp³-hybridized carbons (Fsp3) is 0.143. The third-order valence-corrected chi connectivity index (χ3v) is 2.66. The van der Waals surface area contributed by atoms with E-state index in [2.05, 4.69) is 0 Å². The molecule has 1 unspecified atom stereocenters. The summed E-state index contributed by atoms with van der Waals surface area (Å²) < 4.78 is 0. The van der Waals surface area contributed by atoms with E-state index in [1.807, 2.05) is 18.2 Å². The lowest BCUT2D eigenvalue weighted by Crippen LogP contribution is -2.01. The Labute approximate surface area is 112 Å². The Morgan fingerprint density at radius 2 is 1.72 bits per heavy atom. The van der Waals surface area contributed by atoms with Crippen LogP contribution in [0, 0.1) is 0 Å². The van der Waals surface area contributed by atoms with Gasteiger partial charge in [0.1, 0.15) is 5.75 Å². The molecule has 2 aromatic rings. The number of halogens is 1. The van der Waals surface area contributed by atoms with E-state index in [1.54, 1.807) is 30.3 Å². The van der Waals surface area contributed by atoms with Crippen LogP contribution in [0.1, 0.15) is 17.2 Å². The van der Waals surface area contributed by atoms with Gasteiger partial charge in [0.15, 0.2) is 0 Å². The molecular weight excluding hydrogens is 250 g/mol. The number of aliphatic hydroxyl groups is 1. The van der Waals surface area contributed by atoms with Crippen LogP contribution in [0.4, 0.5) is 5.69 Å². The number of phenolic OH excluding ortho intramolecular Hbond substituents is 1. The fourth-order valence-corrected chi connectivity index (χ4v) is 1.74. The molecule has 18 heavy (non-hydrogen) atoms. The zero-order valence-electron chi connectivity index (χ0n) is 9.78. The van der Waals surface area contributed by atoms with Crippen molar-refractivity contribution < 1.29 is 10.2 Å². The van der Waals surface area contributed by atoms with Gasteiger partial charge in [0.25, 0.3) is 0 Å². The summed E-state index contributed by atoms with van der Waals surface area (Å²) >= 11 is 0. The highest BCUT2D eigenvalue weighted by Crippen LogP contribution is 2.21. The minimum atomic E-state index is -0.586. The maximum atomic E-state index is 10.0. The Kier molecular flexibility index (Phi) is 5.01. The third-order valence-electron chi connectivity index (χ3n) is 2.66. The number of aliphatic hydroxyl groups excluding tert-OH is 1. The Bertz CT molecular complexity index is 499. The van der Waals surface area contributed by atoms with Gasteiger partial charge in [0.2, 0.25) is 0 Å². The highest BCUT2D eigenvalue weighted by Gasteiger charge is 2.08. The Hall–Kier alpha value is -1.71. The summed E-state index contributed by atoms with van der Waals surface area (Å²) in [5.74, 6) is 0.215. The minimum Gasteiger partial charge on any atom is -0.508 e. The monoisotopic (exact) mass is 265 g/mol. The molecule has 0 bridgehead atoms. The van der Waals surface area contributed by atoms with E-state index in [-0.39, 0.29) is 18.2 Å². The second kappa shape index (κ2) is 6.28. The van der Waals surface area contributed by atoms with Crippen LogP contribution in [0.5, 0.6) is 5.75 Å². The van der Waals surface area contributed by atoms with E-state index >= 15 is 0 Å². The van der Waals surface area contributed by atoms with Crippen LogP contribution >= 0.6 is 12.4 Å². The largest absolute Gasteiger partial charge is 0.508 e. The first-order valence-corrected chi connectivity index (χ1v) is 5.46. The summed E-state index contributed by atoms with van der Waals surface area (Å²) in [6.07, 6.45) is -0.115. The molecule has 4 N–H and O–H groups in total. The topological polar surface area (TPSA) is 66.5 Å². The summed E-state index contributed by atoms with van der Waals surface area (Å²) in [6.45, 7) is 0. The maximum absolute atomic E-state index is 10.0. The SMILES string of the molecule is Cl.Nc1ccc(C(O)Cc2cccc(O)c2)cc1. The van der Waals surface area contributed by atoms with Gasteiger partial charge >= 0.3 is 0 Å². The molecule has 96 valence electrons. The van der Waals surface area contributed by atoms with Crippen molar-refractivity contribution in [2.45, 2.75) is 12.5 Å². The molecule has 3 nitrogen and oxygen atoms in total. The van der Waals surface area contributed by atoms with Crippen LogP contribution in [-0.2, 0) is 6.42 Å². The first kappa shape index (κ1) is 14.4. The molecule has 2 aromatic carbocycles. The van der Waals surface area contributed by atoms with Crippen LogP contribution in [0.15, 0.2) is 48.5 Å². The summed E-state index contributed by atoms with van der Waals surface area (Å²) in [5.41, 5.74) is 7.98. The lowest BCUT2D eigenvalue weighted by Gasteiger charge is -2.11. The molecule has 0 saturated carbocycles. The highest BCUT2D eigenvalue weighted by molar-refractivity contribution is 5.85. The average Bonchev–Trinajstić information content (AvgIpc) is 2.29. The van der Waals surface area contributed by atoms with E-state index in [9.17, 15) is 10.2 Å². The van der Waals surface area contributed by atoms with Crippen molar-refractivity contribution in [3.05, 3.63) is 59.7 Å². The summed E-state index contributed by atoms with van der Waals surface area (Å²) in [4.78, 5) is 0. The molecule has 0 amide bonds. The second-order valence-electron chi connectivity index (χ2n) is 4.06. The summed E-state index contributed by atoms with van der Waals surface area (Å²) in [5, 5.41) is 19.4. The van der Waals surface area contributed by atoms with Crippen molar-refractivity contribution in [2.75, 3.05) is 5.73 Å². The number of anilines is 1. The van der Waals surface area contributed by atoms with E-state index in [0.29, 0.717) is 12.1 Å². The van der Waals surface area contributed by atoms with Gasteiger partial charge in [-0.3, -0.25) is 0 Å². The molecule has 0 saturated heterocycles. The van der Waals surface area contributed by atoms with Gasteiger partial charge in [0.05, 0.1) is 6.10 Å². The highest BCUT2D eigenvalue weighted by atomic mass is 35.5. The van der Waals surface area contributed by atoms with Gasteiger partial charge in [-0.15, -0.1) is 12.4 Å². The number of aromatic hydroxyl groups is 1. The van der Waals surface area contributed by atoms with Crippen LogP contribution in [0.25, 0.3) is 0 Å². The minimum absolute atomic E-state index is 0. The predicted octanol–water partition coefficient (Wildman–Crippen LogP) is 2.67. The molecule has 2 rings (SSSR count). The fourth-order valence-electron chi connectivity index (χ4n) is 1.74. The lowest BCUT2D eigenvalue weighted by atomic mass is 10.0. The quantitative estimate of drug-likeness (QED) is 0.748. The molecule has 0 spiro atoms. The van der Waals surface area contributed by atoms with E-state index in [4.69, 9.17) is 5.73 Å². The van der Waals surface area contributed by atoms with Gasteiger partial charge in [-0.2, -0.15) is 0 Å². The molecule has 0 aromatic heterocycles. The normalized spacial score (nSPS) is 11.6. The van der Waals surface area contributed by atoms with Crippen LogP contribution in [0.3, 0.4) is 0 Å². The Balaban J connectivity index is 0.00000162. The van der Waals surface area contributed by atoms with E-state index in [1.165, 1.54) is 0 Å². The molecule has 0 aliphatic carbocycles. The van der Waals surface area contributed by atoms with Gasteiger partial charge < -0.3 is 15.9 Å². The van der Waals surface area contributed by atoms with Crippen molar-refractivity contribution >= 4 is 18.1 Å². The number of phenols is 1. The van der Waals surface area contributed by atoms with Gasteiger partial charge in [-0.05, 0) is 35.4 Å². The average molecular weight is 266 g/mol. The summed E-state index contributed by atoms with van der Waals surface area (Å²) in [7, 11) is 0. The zero-order chi connectivity index (χ0) is 12.3. The molecule has 0 heterocycles. The molecule has 0 aliphatic heterocycles. The number of hydrogen-bond donors (Lipinski definition) is 3. The molecule has 0 aliphatic rings. The van der Waals surface area contributed by atoms with Crippen molar-refractivity contribution in [3.8, 4) is 5.75 Å². The van der Waals surface area contributed by atoms with Crippen molar-refractivity contribution in [2.24, 2.45) is 0 Å². The predicted molar refractivity (Wildman–Crippen MR) is 74.9 cm³/mol. The smallest absolute Gasteiger partial charge is 0.115 e. The molecular formula is C14H16ClNO2. The van der Waals surface area contributed by atoms with Crippen molar-refractivity contribution in [1.29, 1.82) is 0 Å². The standard InChI is InChI=1S/C14H15NO2.ClH/c15-12-6-4-11(5-7-12)14(17)9-10-2-1-3-13(16)8-10;/h1-8,14,16-17H,9,15H2;1H. The van der Waals surface area contributed by atoms with Gasteiger partial charge in [-0.25, -0.2) is 0 Å². The van der Waals surface area contributed by atoms with E-state index < -0.39 is 6.10 Å². The second-order valence-corrected chi connectivity index (χ2v) is 4.06. The van der Waals surface area contributed by atoms with Crippen LogP contribution in [0.2, 0.25) is 0 Å². The van der Waals surface area contributed by atoms with Gasteiger partial charge in [0, 0.05) is 12.1 Å². The maximum Gasteiger partial charge on any atom is 0.115 e. The first-order valence-electron chi connectivity index (χ1n) is 5.46. The van der Waals surface area contributed by atoms with Crippen LogP contribution in [-0.4, -0.2) is 10.2 Å². The number of nitrogen functional groups attached to an aromatic ring is 1. The van der Waals surface area contributed by atoms with Crippen molar-refractivity contribution in [1.82, 2.24) is 0 Å². The zero-order valence-corrected chi connectivity index (χ0v) is 10.6. The van der Waals surface area contributed by atoms with Gasteiger partial charge in [-0.1, -0.05) is 24.3 Å². The number of benzene rings is 2. The number of hydrogen-bond acceptors (Lipinski definition) is 3. The lowest BCUT2D eigenvalue weighted by molar-refractivity contribution is 0.178. The molecule has 0 fully saturated rings.